The number of nitrogens with two attached hydrogens (primary N) is 2. The van der Waals surface area contributed by atoms with Gasteiger partial charge in [-0.1, -0.05) is 24.3 Å². The molecule has 4 heteroatoms. The largest absolute Gasteiger partial charge is 0.398 e. The van der Waals surface area contributed by atoms with Crippen LogP contribution in [0, 0.1) is 6.92 Å². The van der Waals surface area contributed by atoms with Crippen molar-refractivity contribution in [3.05, 3.63) is 35.9 Å². The van der Waals surface area contributed by atoms with E-state index in [4.69, 9.17) is 11.5 Å². The molecule has 0 bridgehead atoms. The van der Waals surface area contributed by atoms with E-state index in [1.54, 1.807) is 0 Å². The lowest BCUT2D eigenvalue weighted by molar-refractivity contribution is 1.50. The van der Waals surface area contributed by atoms with E-state index in [2.05, 4.69) is 0 Å². The van der Waals surface area contributed by atoms with Crippen molar-refractivity contribution in [2.24, 2.45) is 0 Å². The van der Waals surface area contributed by atoms with E-state index in [9.17, 15) is 0 Å². The van der Waals surface area contributed by atoms with Gasteiger partial charge in [-0.2, -0.15) is 0 Å². The fourth-order valence-electron chi connectivity index (χ4n) is 1.57. The first kappa shape index (κ1) is 13.9. The molecule has 0 atom stereocenters. The number of aryl methyl sites for hydroxylation is 1. The number of benzene rings is 2. The summed E-state index contributed by atoms with van der Waals surface area (Å²) in [7, 11) is 0. The van der Waals surface area contributed by atoms with Crippen LogP contribution in [-0.2, 0) is 0 Å². The predicted octanol–water partition coefficient (Wildman–Crippen LogP) is 3.16. The normalized spacial score (nSPS) is 9.13. The molecular weight excluding hydrogens is 231 g/mol. The highest BCUT2D eigenvalue weighted by molar-refractivity contribution is 6.01. The van der Waals surface area contributed by atoms with Crippen LogP contribution in [0.2, 0.25) is 0 Å². The Balaban J connectivity index is 0.000000980. The van der Waals surface area contributed by atoms with Gasteiger partial charge in [0.15, 0.2) is 0 Å². The quantitative estimate of drug-likeness (QED) is 0.700. The lowest BCUT2D eigenvalue weighted by Crippen LogP contribution is -1.95. The second-order valence-corrected chi connectivity index (χ2v) is 3.24. The maximum atomic E-state index is 5.93. The second-order valence-electron chi connectivity index (χ2n) is 3.24. The highest BCUT2D eigenvalue weighted by Gasteiger charge is 2.03. The Bertz CT molecular complexity index is 469. The molecule has 0 spiro atoms. The summed E-state index contributed by atoms with van der Waals surface area (Å²) in [5.74, 6) is 0. The fourth-order valence-corrected chi connectivity index (χ4v) is 1.57. The molecule has 0 aliphatic rings. The average molecular weight is 245 g/mol. The fraction of sp³-hybridized carbons (Fsp3) is 0.0909. The van der Waals surface area contributed by atoms with E-state index < -0.39 is 0 Å². The predicted molar refractivity (Wildman–Crippen MR) is 72.0 cm³/mol. The van der Waals surface area contributed by atoms with Gasteiger partial charge in [-0.25, -0.2) is 0 Å². The average Bonchev–Trinajstić information content (AvgIpc) is 2.15. The van der Waals surface area contributed by atoms with Crippen LogP contribution >= 0.6 is 24.8 Å². The van der Waals surface area contributed by atoms with Crippen molar-refractivity contribution < 1.29 is 0 Å². The SMILES string of the molecule is Cc1cc(N)c2ccccc2c1N.Cl.Cl. The molecule has 0 heterocycles. The Kier molecular flexibility index (Phi) is 4.72. The molecule has 2 nitrogen and oxygen atoms in total. The first-order valence-corrected chi connectivity index (χ1v) is 4.23. The van der Waals surface area contributed by atoms with Gasteiger partial charge in [0.05, 0.1) is 0 Å². The Hall–Kier alpha value is -1.12. The van der Waals surface area contributed by atoms with E-state index in [-0.39, 0.29) is 24.8 Å². The van der Waals surface area contributed by atoms with Gasteiger partial charge in [-0.05, 0) is 18.6 Å². The Morgan fingerprint density at radius 3 is 2.07 bits per heavy atom. The van der Waals surface area contributed by atoms with Gasteiger partial charge in [-0.3, -0.25) is 0 Å². The van der Waals surface area contributed by atoms with Crippen molar-refractivity contribution in [3.63, 3.8) is 0 Å². The lowest BCUT2D eigenvalue weighted by Gasteiger charge is -2.07. The molecule has 4 N–H and O–H groups in total. The summed E-state index contributed by atoms with van der Waals surface area (Å²) in [6.07, 6.45) is 0. The molecular formula is C11H14Cl2N2. The van der Waals surface area contributed by atoms with Crippen LogP contribution in [0.15, 0.2) is 30.3 Å². The minimum Gasteiger partial charge on any atom is -0.398 e. The summed E-state index contributed by atoms with van der Waals surface area (Å²) in [5, 5.41) is 2.07. The van der Waals surface area contributed by atoms with Crippen LogP contribution in [0.5, 0.6) is 0 Å². The van der Waals surface area contributed by atoms with E-state index in [1.165, 1.54) is 0 Å². The smallest absolute Gasteiger partial charge is 0.0424 e. The summed E-state index contributed by atoms with van der Waals surface area (Å²) in [5.41, 5.74) is 14.5. The highest BCUT2D eigenvalue weighted by Crippen LogP contribution is 2.29. The highest BCUT2D eigenvalue weighted by atomic mass is 35.5. The third-order valence-corrected chi connectivity index (χ3v) is 2.33. The van der Waals surface area contributed by atoms with Crippen molar-refractivity contribution in [3.8, 4) is 0 Å². The van der Waals surface area contributed by atoms with Crippen molar-refractivity contribution in [1.29, 1.82) is 0 Å². The minimum absolute atomic E-state index is 0. The maximum Gasteiger partial charge on any atom is 0.0424 e. The summed E-state index contributed by atoms with van der Waals surface area (Å²) < 4.78 is 0. The van der Waals surface area contributed by atoms with Gasteiger partial charge < -0.3 is 11.5 Å². The minimum atomic E-state index is 0. The van der Waals surface area contributed by atoms with Crippen LogP contribution in [-0.4, -0.2) is 0 Å². The number of hydrogen-bond donors (Lipinski definition) is 2. The van der Waals surface area contributed by atoms with Gasteiger partial charge in [0, 0.05) is 22.1 Å². The van der Waals surface area contributed by atoms with Crippen LogP contribution < -0.4 is 11.5 Å². The van der Waals surface area contributed by atoms with E-state index >= 15 is 0 Å². The number of rotatable bonds is 0. The molecule has 0 aliphatic carbocycles. The molecule has 0 saturated heterocycles. The van der Waals surface area contributed by atoms with Gasteiger partial charge in [0.2, 0.25) is 0 Å². The zero-order chi connectivity index (χ0) is 9.42. The third-order valence-electron chi connectivity index (χ3n) is 2.33. The van der Waals surface area contributed by atoms with E-state index in [0.717, 1.165) is 27.7 Å². The molecule has 0 radical (unpaired) electrons. The topological polar surface area (TPSA) is 52.0 Å². The van der Waals surface area contributed by atoms with Crippen molar-refractivity contribution in [2.45, 2.75) is 6.92 Å². The monoisotopic (exact) mass is 244 g/mol. The zero-order valence-corrected chi connectivity index (χ0v) is 9.99. The number of halogens is 2. The first-order valence-electron chi connectivity index (χ1n) is 4.23. The van der Waals surface area contributed by atoms with Gasteiger partial charge >= 0.3 is 0 Å². The van der Waals surface area contributed by atoms with Gasteiger partial charge in [0.25, 0.3) is 0 Å². The molecule has 0 saturated carbocycles. The van der Waals surface area contributed by atoms with Crippen molar-refractivity contribution >= 4 is 47.0 Å². The zero-order valence-electron chi connectivity index (χ0n) is 8.36. The molecule has 2 aromatic rings. The van der Waals surface area contributed by atoms with E-state index in [0.29, 0.717) is 0 Å². The van der Waals surface area contributed by atoms with Crippen LogP contribution in [0.4, 0.5) is 11.4 Å². The lowest BCUT2D eigenvalue weighted by atomic mass is 10.0. The van der Waals surface area contributed by atoms with Crippen molar-refractivity contribution in [1.82, 2.24) is 0 Å². The molecule has 0 aromatic heterocycles. The second kappa shape index (κ2) is 5.10. The molecule has 0 amide bonds. The molecule has 0 unspecified atom stereocenters. The summed E-state index contributed by atoms with van der Waals surface area (Å²) in [6.45, 7) is 1.97. The molecule has 2 aromatic carbocycles. The van der Waals surface area contributed by atoms with Crippen LogP contribution in [0.1, 0.15) is 5.56 Å². The third kappa shape index (κ3) is 2.28. The standard InChI is InChI=1S/C11H12N2.2ClH/c1-7-6-10(12)8-4-2-3-5-9(8)11(7)13;;/h2-6H,12-13H2,1H3;2*1H. The number of fused-ring (bicyclic) bond motifs is 1. The molecule has 2 rings (SSSR count). The Labute approximate surface area is 101 Å². The Morgan fingerprint density at radius 2 is 1.47 bits per heavy atom. The Morgan fingerprint density at radius 1 is 0.933 bits per heavy atom. The van der Waals surface area contributed by atoms with Crippen LogP contribution in [0.3, 0.4) is 0 Å². The number of hydrogen-bond acceptors (Lipinski definition) is 2. The molecule has 82 valence electrons. The maximum absolute atomic E-state index is 5.93. The van der Waals surface area contributed by atoms with Gasteiger partial charge in [-0.15, -0.1) is 24.8 Å². The van der Waals surface area contributed by atoms with E-state index in [1.807, 2.05) is 37.3 Å². The summed E-state index contributed by atoms with van der Waals surface area (Å²) in [4.78, 5) is 0. The van der Waals surface area contributed by atoms with Crippen LogP contribution in [0.25, 0.3) is 10.8 Å². The number of anilines is 2. The number of nitrogen functional groups attached to an aromatic ring is 2. The van der Waals surface area contributed by atoms with Crippen molar-refractivity contribution in [2.75, 3.05) is 11.5 Å². The summed E-state index contributed by atoms with van der Waals surface area (Å²) in [6, 6.07) is 9.83. The first-order chi connectivity index (χ1) is 6.20. The molecule has 0 fully saturated rings. The molecule has 0 aliphatic heterocycles. The van der Waals surface area contributed by atoms with Gasteiger partial charge in [0.1, 0.15) is 0 Å². The molecule has 15 heavy (non-hydrogen) atoms. The summed E-state index contributed by atoms with van der Waals surface area (Å²) >= 11 is 0.